The van der Waals surface area contributed by atoms with E-state index in [-0.39, 0.29) is 18.3 Å². The summed E-state index contributed by atoms with van der Waals surface area (Å²) in [5.74, 6) is 1.55. The predicted molar refractivity (Wildman–Crippen MR) is 80.7 cm³/mol. The summed E-state index contributed by atoms with van der Waals surface area (Å²) in [5, 5.41) is 0. The average Bonchev–Trinajstić information content (AvgIpc) is 3.17. The number of methoxy groups -OCH3 is 1. The fraction of sp³-hybridized carbons (Fsp3) is 0.625. The summed E-state index contributed by atoms with van der Waals surface area (Å²) in [6, 6.07) is 6.39. The van der Waals surface area contributed by atoms with E-state index in [4.69, 9.17) is 14.0 Å². The predicted octanol–water partition coefficient (Wildman–Crippen LogP) is 2.87. The Kier molecular flexibility index (Phi) is 3.14. The van der Waals surface area contributed by atoms with Crippen molar-refractivity contribution in [1.29, 1.82) is 0 Å². The summed E-state index contributed by atoms with van der Waals surface area (Å²) in [6.07, 6.45) is 2.57. The van der Waals surface area contributed by atoms with Gasteiger partial charge < -0.3 is 14.0 Å². The molecule has 1 saturated carbocycles. The zero-order valence-electron chi connectivity index (χ0n) is 13.0. The second kappa shape index (κ2) is 4.50. The van der Waals surface area contributed by atoms with Crippen molar-refractivity contribution in [3.63, 3.8) is 0 Å². The van der Waals surface area contributed by atoms with Crippen LogP contribution in [0.25, 0.3) is 0 Å². The van der Waals surface area contributed by atoms with E-state index >= 15 is 0 Å². The van der Waals surface area contributed by atoms with Crippen LogP contribution in [0.5, 0.6) is 5.75 Å². The Balaban J connectivity index is 1.95. The summed E-state index contributed by atoms with van der Waals surface area (Å²) in [5.41, 5.74) is 1.74. The fourth-order valence-corrected chi connectivity index (χ4v) is 2.58. The minimum absolute atomic E-state index is 0.321. The smallest absolute Gasteiger partial charge is 0.497 e. The minimum Gasteiger partial charge on any atom is -0.497 e. The number of ether oxygens (including phenoxy) is 1. The van der Waals surface area contributed by atoms with E-state index in [1.54, 1.807) is 7.11 Å². The van der Waals surface area contributed by atoms with Crippen molar-refractivity contribution in [2.24, 2.45) is 0 Å². The van der Waals surface area contributed by atoms with E-state index < -0.39 is 0 Å². The van der Waals surface area contributed by atoms with E-state index in [0.717, 1.165) is 11.2 Å². The standard InChI is InChI=1S/C16H23BO3/c1-15(2)16(3,4)20-17(19-15)13-10-12(11-6-7-11)8-9-14(13)18-5/h8-11H,6-7H2,1-5H3. The second-order valence-corrected chi connectivity index (χ2v) is 6.86. The zero-order chi connectivity index (χ0) is 14.5. The molecule has 1 aliphatic heterocycles. The number of hydrogen-bond acceptors (Lipinski definition) is 3. The molecule has 3 nitrogen and oxygen atoms in total. The summed E-state index contributed by atoms with van der Waals surface area (Å²) < 4.78 is 17.8. The first-order chi connectivity index (χ1) is 9.34. The van der Waals surface area contributed by atoms with Gasteiger partial charge in [-0.1, -0.05) is 12.1 Å². The Morgan fingerprint density at radius 1 is 1.10 bits per heavy atom. The zero-order valence-corrected chi connectivity index (χ0v) is 13.0. The van der Waals surface area contributed by atoms with Crippen LogP contribution < -0.4 is 10.2 Å². The number of rotatable bonds is 3. The van der Waals surface area contributed by atoms with E-state index in [1.807, 2.05) is 6.07 Å². The van der Waals surface area contributed by atoms with Crippen molar-refractivity contribution in [3.8, 4) is 5.75 Å². The lowest BCUT2D eigenvalue weighted by Gasteiger charge is -2.32. The lowest BCUT2D eigenvalue weighted by atomic mass is 9.77. The lowest BCUT2D eigenvalue weighted by molar-refractivity contribution is 0.00578. The first kappa shape index (κ1) is 14.0. The average molecular weight is 274 g/mol. The molecule has 1 aromatic carbocycles. The first-order valence-electron chi connectivity index (χ1n) is 7.37. The molecule has 0 N–H and O–H groups in total. The van der Waals surface area contributed by atoms with Crippen molar-refractivity contribution >= 4 is 12.6 Å². The van der Waals surface area contributed by atoms with Gasteiger partial charge in [-0.25, -0.2) is 0 Å². The van der Waals surface area contributed by atoms with Gasteiger partial charge in [-0.2, -0.15) is 0 Å². The Morgan fingerprint density at radius 3 is 2.20 bits per heavy atom. The molecule has 2 aliphatic rings. The van der Waals surface area contributed by atoms with Crippen LogP contribution in [0.3, 0.4) is 0 Å². The van der Waals surface area contributed by atoms with Crippen molar-refractivity contribution in [2.45, 2.75) is 57.7 Å². The van der Waals surface area contributed by atoms with Crippen molar-refractivity contribution in [1.82, 2.24) is 0 Å². The van der Waals surface area contributed by atoms with Gasteiger partial charge in [-0.05, 0) is 58.1 Å². The molecule has 0 spiro atoms. The van der Waals surface area contributed by atoms with Gasteiger partial charge in [0.2, 0.25) is 0 Å². The summed E-state index contributed by atoms with van der Waals surface area (Å²) in [4.78, 5) is 0. The van der Waals surface area contributed by atoms with E-state index in [0.29, 0.717) is 5.92 Å². The molecule has 4 heteroatoms. The SMILES string of the molecule is COc1ccc(C2CC2)cc1B1OC(C)(C)C(C)(C)O1. The Labute approximate surface area is 121 Å². The molecule has 20 heavy (non-hydrogen) atoms. The molecule has 1 saturated heterocycles. The van der Waals surface area contributed by atoms with Gasteiger partial charge in [-0.15, -0.1) is 0 Å². The molecule has 0 unspecified atom stereocenters. The summed E-state index contributed by atoms with van der Waals surface area (Å²) >= 11 is 0. The molecule has 3 rings (SSSR count). The van der Waals surface area contributed by atoms with Crippen LogP contribution in [-0.4, -0.2) is 25.4 Å². The van der Waals surface area contributed by atoms with Crippen LogP contribution >= 0.6 is 0 Å². The highest BCUT2D eigenvalue weighted by atomic mass is 16.7. The Hall–Kier alpha value is -0.995. The third kappa shape index (κ3) is 2.25. The van der Waals surface area contributed by atoms with Gasteiger partial charge in [0.1, 0.15) is 5.75 Å². The monoisotopic (exact) mass is 274 g/mol. The van der Waals surface area contributed by atoms with Gasteiger partial charge in [0.05, 0.1) is 18.3 Å². The highest BCUT2D eigenvalue weighted by Crippen LogP contribution is 2.41. The molecule has 1 aliphatic carbocycles. The van der Waals surface area contributed by atoms with Crippen LogP contribution in [0.15, 0.2) is 18.2 Å². The molecule has 0 aromatic heterocycles. The third-order valence-electron chi connectivity index (χ3n) is 4.81. The van der Waals surface area contributed by atoms with Gasteiger partial charge in [0.25, 0.3) is 0 Å². The second-order valence-electron chi connectivity index (χ2n) is 6.86. The maximum atomic E-state index is 6.15. The molecule has 0 radical (unpaired) electrons. The van der Waals surface area contributed by atoms with Crippen molar-refractivity contribution in [3.05, 3.63) is 23.8 Å². The topological polar surface area (TPSA) is 27.7 Å². The molecule has 1 aromatic rings. The van der Waals surface area contributed by atoms with Crippen LogP contribution in [0.4, 0.5) is 0 Å². The molecular weight excluding hydrogens is 251 g/mol. The third-order valence-corrected chi connectivity index (χ3v) is 4.81. The molecule has 108 valence electrons. The number of hydrogen-bond donors (Lipinski definition) is 0. The van der Waals surface area contributed by atoms with E-state index in [1.165, 1.54) is 18.4 Å². The lowest BCUT2D eigenvalue weighted by Crippen LogP contribution is -2.41. The van der Waals surface area contributed by atoms with Crippen LogP contribution in [0.2, 0.25) is 0 Å². The van der Waals surface area contributed by atoms with Crippen molar-refractivity contribution in [2.75, 3.05) is 7.11 Å². The summed E-state index contributed by atoms with van der Waals surface area (Å²) in [6.45, 7) is 8.29. The molecular formula is C16H23BO3. The first-order valence-corrected chi connectivity index (χ1v) is 7.37. The van der Waals surface area contributed by atoms with E-state index in [2.05, 4.69) is 39.8 Å². The molecule has 1 heterocycles. The maximum Gasteiger partial charge on any atom is 0.498 e. The highest BCUT2D eigenvalue weighted by Gasteiger charge is 2.52. The van der Waals surface area contributed by atoms with Crippen LogP contribution in [0.1, 0.15) is 52.0 Å². The maximum absolute atomic E-state index is 6.15. The normalized spacial score (nSPS) is 23.9. The van der Waals surface area contributed by atoms with Gasteiger partial charge >= 0.3 is 7.12 Å². The number of benzene rings is 1. The fourth-order valence-electron chi connectivity index (χ4n) is 2.58. The molecule has 0 atom stereocenters. The molecule has 0 bridgehead atoms. The van der Waals surface area contributed by atoms with Crippen molar-refractivity contribution < 1.29 is 14.0 Å². The highest BCUT2D eigenvalue weighted by molar-refractivity contribution is 6.63. The molecule has 2 fully saturated rings. The van der Waals surface area contributed by atoms with Gasteiger partial charge in [-0.3, -0.25) is 0 Å². The molecule has 0 amide bonds. The Morgan fingerprint density at radius 2 is 1.70 bits per heavy atom. The van der Waals surface area contributed by atoms with Crippen LogP contribution in [0, 0.1) is 0 Å². The van der Waals surface area contributed by atoms with Gasteiger partial charge in [0.15, 0.2) is 0 Å². The quantitative estimate of drug-likeness (QED) is 0.793. The summed E-state index contributed by atoms with van der Waals surface area (Å²) in [7, 11) is 1.34. The van der Waals surface area contributed by atoms with Crippen LogP contribution in [-0.2, 0) is 9.31 Å². The minimum atomic E-state index is -0.353. The van der Waals surface area contributed by atoms with E-state index in [9.17, 15) is 0 Å². The Bertz CT molecular complexity index is 504. The van der Waals surface area contributed by atoms with Gasteiger partial charge in [0, 0.05) is 5.46 Å². The largest absolute Gasteiger partial charge is 0.498 e.